The Labute approximate surface area is 95.9 Å². The molecule has 3 aromatic rings. The Morgan fingerprint density at radius 1 is 1.35 bits per heavy atom. The number of fused-ring (bicyclic) bond motifs is 1. The summed E-state index contributed by atoms with van der Waals surface area (Å²) in [6.45, 7) is 0. The summed E-state index contributed by atoms with van der Waals surface area (Å²) in [5, 5.41) is 15.7. The smallest absolute Gasteiger partial charge is 0.263 e. The summed E-state index contributed by atoms with van der Waals surface area (Å²) >= 11 is 0. The van der Waals surface area contributed by atoms with Crippen molar-refractivity contribution >= 4 is 23.1 Å². The van der Waals surface area contributed by atoms with E-state index in [2.05, 4.69) is 25.6 Å². The highest BCUT2D eigenvalue weighted by Crippen LogP contribution is 2.15. The Morgan fingerprint density at radius 2 is 2.24 bits per heavy atom. The number of aromatic amines is 1. The average Bonchev–Trinajstić information content (AvgIpc) is 2.93. The van der Waals surface area contributed by atoms with Crippen LogP contribution in [0.3, 0.4) is 0 Å². The maximum absolute atomic E-state index is 5.50. The van der Waals surface area contributed by atoms with Crippen molar-refractivity contribution in [3.05, 3.63) is 36.0 Å². The van der Waals surface area contributed by atoms with Crippen LogP contribution in [0, 0.1) is 0 Å². The molecule has 0 bridgehead atoms. The van der Waals surface area contributed by atoms with Crippen LogP contribution < -0.4 is 5.73 Å². The third kappa shape index (κ3) is 1.63. The van der Waals surface area contributed by atoms with Crippen molar-refractivity contribution in [3.63, 3.8) is 0 Å². The molecule has 2 heterocycles. The SMILES string of the molecule is Nc1nnnn1/N=C\c1c[nH]c2ccccc12. The molecule has 7 heteroatoms. The number of nitrogens with zero attached hydrogens (tertiary/aromatic N) is 5. The first-order valence-corrected chi connectivity index (χ1v) is 4.99. The lowest BCUT2D eigenvalue weighted by Crippen LogP contribution is -1.99. The predicted octanol–water partition coefficient (Wildman–Crippen LogP) is 0.619. The molecule has 0 radical (unpaired) electrons. The molecule has 0 amide bonds. The third-order valence-electron chi connectivity index (χ3n) is 2.40. The molecule has 2 aromatic heterocycles. The summed E-state index contributed by atoms with van der Waals surface area (Å²) < 4.78 is 0. The number of nitrogens with two attached hydrogens (primary N) is 1. The van der Waals surface area contributed by atoms with Crippen LogP contribution in [0.1, 0.15) is 5.56 Å². The van der Waals surface area contributed by atoms with Crippen molar-refractivity contribution in [1.82, 2.24) is 25.3 Å². The molecule has 3 N–H and O–H groups in total. The quantitative estimate of drug-likeness (QED) is 0.627. The Kier molecular flexibility index (Phi) is 2.08. The molecule has 7 nitrogen and oxygen atoms in total. The lowest BCUT2D eigenvalue weighted by atomic mass is 10.2. The van der Waals surface area contributed by atoms with Crippen LogP contribution in [-0.4, -0.2) is 31.5 Å². The number of tetrazole rings is 1. The Hall–Kier alpha value is -2.70. The number of benzene rings is 1. The van der Waals surface area contributed by atoms with E-state index in [0.29, 0.717) is 0 Å². The molecule has 0 saturated carbocycles. The second-order valence-electron chi connectivity index (χ2n) is 3.46. The first-order valence-electron chi connectivity index (χ1n) is 4.99. The fourth-order valence-corrected chi connectivity index (χ4v) is 1.59. The van der Waals surface area contributed by atoms with Gasteiger partial charge in [-0.1, -0.05) is 28.1 Å². The van der Waals surface area contributed by atoms with Crippen molar-refractivity contribution in [1.29, 1.82) is 0 Å². The first kappa shape index (κ1) is 9.52. The van der Waals surface area contributed by atoms with E-state index in [1.54, 1.807) is 6.21 Å². The number of nitrogens with one attached hydrogen (secondary N) is 1. The summed E-state index contributed by atoms with van der Waals surface area (Å²) in [5.41, 5.74) is 7.51. The van der Waals surface area contributed by atoms with Gasteiger partial charge in [0.1, 0.15) is 0 Å². The molecule has 0 unspecified atom stereocenters. The number of para-hydroxylation sites is 1. The van der Waals surface area contributed by atoms with Crippen LogP contribution in [0.25, 0.3) is 10.9 Å². The Balaban J connectivity index is 2.00. The van der Waals surface area contributed by atoms with Gasteiger partial charge in [-0.3, -0.25) is 0 Å². The predicted molar refractivity (Wildman–Crippen MR) is 63.5 cm³/mol. The van der Waals surface area contributed by atoms with Crippen molar-refractivity contribution in [2.75, 3.05) is 5.73 Å². The zero-order valence-electron chi connectivity index (χ0n) is 8.78. The maximum atomic E-state index is 5.50. The molecule has 0 fully saturated rings. The van der Waals surface area contributed by atoms with Crippen molar-refractivity contribution in [2.45, 2.75) is 0 Å². The minimum Gasteiger partial charge on any atom is -0.365 e. The Morgan fingerprint density at radius 3 is 3.06 bits per heavy atom. The minimum absolute atomic E-state index is 0.154. The van der Waals surface area contributed by atoms with E-state index in [0.717, 1.165) is 16.5 Å². The monoisotopic (exact) mass is 227 g/mol. The molecule has 0 aliphatic heterocycles. The van der Waals surface area contributed by atoms with E-state index < -0.39 is 0 Å². The van der Waals surface area contributed by atoms with Gasteiger partial charge in [0, 0.05) is 22.7 Å². The van der Waals surface area contributed by atoms with Crippen LogP contribution in [-0.2, 0) is 0 Å². The van der Waals surface area contributed by atoms with Crippen LogP contribution in [0.5, 0.6) is 0 Å². The van der Waals surface area contributed by atoms with Gasteiger partial charge in [0.05, 0.1) is 6.21 Å². The van der Waals surface area contributed by atoms with Gasteiger partial charge >= 0.3 is 0 Å². The second kappa shape index (κ2) is 3.71. The second-order valence-corrected chi connectivity index (χ2v) is 3.46. The van der Waals surface area contributed by atoms with E-state index in [1.165, 1.54) is 4.79 Å². The van der Waals surface area contributed by atoms with E-state index in [9.17, 15) is 0 Å². The van der Waals surface area contributed by atoms with Crippen molar-refractivity contribution < 1.29 is 0 Å². The summed E-state index contributed by atoms with van der Waals surface area (Å²) in [7, 11) is 0. The van der Waals surface area contributed by atoms with Crippen LogP contribution in [0.4, 0.5) is 5.95 Å². The van der Waals surface area contributed by atoms with Gasteiger partial charge in [-0.05, 0) is 16.5 Å². The number of nitrogen functional groups attached to an aromatic ring is 1. The van der Waals surface area contributed by atoms with Gasteiger partial charge < -0.3 is 10.7 Å². The third-order valence-corrected chi connectivity index (χ3v) is 2.40. The molecule has 0 aliphatic carbocycles. The molecule has 1 aromatic carbocycles. The summed E-state index contributed by atoms with van der Waals surface area (Å²) in [4.78, 5) is 4.32. The number of hydrogen-bond donors (Lipinski definition) is 2. The van der Waals surface area contributed by atoms with Crippen LogP contribution in [0.15, 0.2) is 35.6 Å². The fraction of sp³-hybridized carbons (Fsp3) is 0. The van der Waals surface area contributed by atoms with E-state index in [-0.39, 0.29) is 5.95 Å². The molecule has 0 aliphatic rings. The molecular weight excluding hydrogens is 218 g/mol. The van der Waals surface area contributed by atoms with E-state index in [4.69, 9.17) is 5.73 Å². The zero-order valence-corrected chi connectivity index (χ0v) is 8.78. The molecule has 0 spiro atoms. The number of rotatable bonds is 2. The summed E-state index contributed by atoms with van der Waals surface area (Å²) in [6.07, 6.45) is 3.53. The van der Waals surface area contributed by atoms with E-state index >= 15 is 0 Å². The molecule has 84 valence electrons. The van der Waals surface area contributed by atoms with Crippen LogP contribution >= 0.6 is 0 Å². The summed E-state index contributed by atoms with van der Waals surface area (Å²) in [5.74, 6) is 0.154. The van der Waals surface area contributed by atoms with E-state index in [1.807, 2.05) is 30.5 Å². The highest BCUT2D eigenvalue weighted by Gasteiger charge is 2.01. The fourth-order valence-electron chi connectivity index (χ4n) is 1.59. The lowest BCUT2D eigenvalue weighted by molar-refractivity contribution is 0.700. The molecule has 0 atom stereocenters. The van der Waals surface area contributed by atoms with Crippen molar-refractivity contribution in [3.8, 4) is 0 Å². The first-order chi connectivity index (χ1) is 8.34. The van der Waals surface area contributed by atoms with Gasteiger partial charge in [0.15, 0.2) is 0 Å². The van der Waals surface area contributed by atoms with Gasteiger partial charge in [0.2, 0.25) is 0 Å². The maximum Gasteiger partial charge on any atom is 0.263 e. The average molecular weight is 227 g/mol. The van der Waals surface area contributed by atoms with Gasteiger partial charge in [-0.15, -0.1) is 0 Å². The Bertz CT molecular complexity index is 679. The lowest BCUT2D eigenvalue weighted by Gasteiger charge is -1.91. The summed E-state index contributed by atoms with van der Waals surface area (Å²) in [6, 6.07) is 7.95. The largest absolute Gasteiger partial charge is 0.365 e. The normalized spacial score (nSPS) is 11.5. The van der Waals surface area contributed by atoms with Gasteiger partial charge in [-0.25, -0.2) is 0 Å². The molecule has 0 saturated heterocycles. The topological polar surface area (TPSA) is 97.8 Å². The standard InChI is InChI=1S/C10H9N7/c11-10-14-15-16-17(10)13-6-7-5-12-9-4-2-1-3-8(7)9/h1-6,12H,(H2,11,14,16)/b13-6-. The molecular formula is C10H9N7. The number of hydrogen-bond acceptors (Lipinski definition) is 5. The minimum atomic E-state index is 0.154. The van der Waals surface area contributed by atoms with Gasteiger partial charge in [0.25, 0.3) is 5.95 Å². The number of anilines is 1. The number of H-pyrrole nitrogens is 1. The molecule has 17 heavy (non-hydrogen) atoms. The van der Waals surface area contributed by atoms with Gasteiger partial charge in [-0.2, -0.15) is 5.10 Å². The van der Waals surface area contributed by atoms with Crippen molar-refractivity contribution in [2.24, 2.45) is 5.10 Å². The zero-order chi connectivity index (χ0) is 11.7. The highest BCUT2D eigenvalue weighted by atomic mass is 15.7. The number of aromatic nitrogens is 5. The van der Waals surface area contributed by atoms with Crippen LogP contribution in [0.2, 0.25) is 0 Å². The molecule has 3 rings (SSSR count). The highest BCUT2D eigenvalue weighted by molar-refractivity contribution is 5.98.